The summed E-state index contributed by atoms with van der Waals surface area (Å²) < 4.78 is 2.53. The van der Waals surface area contributed by atoms with Gasteiger partial charge in [0.15, 0.2) is 0 Å². The third kappa shape index (κ3) is 2.49. The molecule has 4 aliphatic carbocycles. The zero-order chi connectivity index (χ0) is 19.8. The smallest absolute Gasteiger partial charge is 0.0961 e. The summed E-state index contributed by atoms with van der Waals surface area (Å²) in [4.78, 5) is 4.72. The van der Waals surface area contributed by atoms with E-state index in [0.717, 1.165) is 42.0 Å². The van der Waals surface area contributed by atoms with Crippen LogP contribution < -0.4 is 0 Å². The maximum atomic E-state index is 10.3. The van der Waals surface area contributed by atoms with Gasteiger partial charge in [-0.25, -0.2) is 4.98 Å². The van der Waals surface area contributed by atoms with Crippen molar-refractivity contribution >= 4 is 11.0 Å². The predicted octanol–water partition coefficient (Wildman–Crippen LogP) is 5.98. The normalized spacial score (nSPS) is 46.9. The van der Waals surface area contributed by atoms with Crippen molar-refractivity contribution in [2.75, 3.05) is 0 Å². The maximum Gasteiger partial charge on any atom is 0.0961 e. The summed E-state index contributed by atoms with van der Waals surface area (Å²) in [6, 6.07) is 9.26. The molecule has 0 amide bonds. The third-order valence-electron chi connectivity index (χ3n) is 10.4. The highest BCUT2D eigenvalue weighted by Gasteiger charge is 2.60. The zero-order valence-electron chi connectivity index (χ0n) is 18.1. The van der Waals surface area contributed by atoms with Crippen molar-refractivity contribution in [1.82, 2.24) is 9.55 Å². The summed E-state index contributed by atoms with van der Waals surface area (Å²) in [5.41, 5.74) is 3.34. The molecular weight excluding hydrogens is 356 g/mol. The van der Waals surface area contributed by atoms with Crippen LogP contribution in [0.4, 0.5) is 0 Å². The first kappa shape index (κ1) is 18.4. The van der Waals surface area contributed by atoms with Crippen LogP contribution in [-0.4, -0.2) is 20.8 Å². The van der Waals surface area contributed by atoms with E-state index in [4.69, 9.17) is 4.98 Å². The third-order valence-corrected chi connectivity index (χ3v) is 10.4. The molecule has 0 radical (unpaired) electrons. The van der Waals surface area contributed by atoms with Crippen molar-refractivity contribution in [3.8, 4) is 0 Å². The van der Waals surface area contributed by atoms with E-state index in [0.29, 0.717) is 16.9 Å². The molecular formula is C26H36N2O. The van der Waals surface area contributed by atoms with Gasteiger partial charge in [0, 0.05) is 6.04 Å². The first-order chi connectivity index (χ1) is 14.0. The summed E-state index contributed by atoms with van der Waals surface area (Å²) in [5, 5.41) is 10.3. The highest BCUT2D eigenvalue weighted by atomic mass is 16.3. The van der Waals surface area contributed by atoms with Crippen LogP contribution in [0.5, 0.6) is 0 Å². The Bertz CT molecular complexity index is 920. The molecule has 4 aliphatic rings. The minimum Gasteiger partial charge on any atom is -0.393 e. The minimum atomic E-state index is -0.0381. The van der Waals surface area contributed by atoms with E-state index in [1.54, 1.807) is 0 Å². The van der Waals surface area contributed by atoms with Crippen molar-refractivity contribution in [1.29, 1.82) is 0 Å². The van der Waals surface area contributed by atoms with Crippen molar-refractivity contribution in [3.05, 3.63) is 30.6 Å². The SMILES string of the molecule is C[C@]12CCC(O)CC1CCC1C2CC[C@@]2(C)C1CCC2n1cnc2ccccc21. The predicted molar refractivity (Wildman–Crippen MR) is 117 cm³/mol. The number of rotatable bonds is 1. The molecule has 0 aliphatic heterocycles. The summed E-state index contributed by atoms with van der Waals surface area (Å²) >= 11 is 0. The molecule has 3 heteroatoms. The van der Waals surface area contributed by atoms with Crippen LogP contribution in [0.15, 0.2) is 30.6 Å². The monoisotopic (exact) mass is 392 g/mol. The Labute approximate surface area is 174 Å². The second-order valence-electron chi connectivity index (χ2n) is 11.4. The molecule has 1 aromatic heterocycles. The van der Waals surface area contributed by atoms with Crippen LogP contribution in [0.1, 0.15) is 77.7 Å². The van der Waals surface area contributed by atoms with Gasteiger partial charge in [0.2, 0.25) is 0 Å². The quantitative estimate of drug-likeness (QED) is 0.648. The van der Waals surface area contributed by atoms with Gasteiger partial charge in [-0.1, -0.05) is 26.0 Å². The molecule has 0 bridgehead atoms. The Hall–Kier alpha value is -1.35. The number of benzene rings is 1. The largest absolute Gasteiger partial charge is 0.393 e. The Morgan fingerprint density at radius 3 is 2.62 bits per heavy atom. The average Bonchev–Trinajstić information content (AvgIpc) is 3.29. The van der Waals surface area contributed by atoms with Crippen LogP contribution in [-0.2, 0) is 0 Å². The van der Waals surface area contributed by atoms with E-state index in [2.05, 4.69) is 49.0 Å². The van der Waals surface area contributed by atoms with Crippen LogP contribution in [0.2, 0.25) is 0 Å². The van der Waals surface area contributed by atoms with Gasteiger partial charge < -0.3 is 9.67 Å². The molecule has 6 unspecified atom stereocenters. The van der Waals surface area contributed by atoms with Crippen LogP contribution >= 0.6 is 0 Å². The number of nitrogens with zero attached hydrogens (tertiary/aromatic N) is 2. The molecule has 4 fully saturated rings. The van der Waals surface area contributed by atoms with Gasteiger partial charge in [-0.3, -0.25) is 0 Å². The van der Waals surface area contributed by atoms with E-state index in [1.165, 1.54) is 50.5 Å². The molecule has 1 heterocycles. The van der Waals surface area contributed by atoms with Gasteiger partial charge in [0.1, 0.15) is 0 Å². The summed E-state index contributed by atoms with van der Waals surface area (Å²) in [6.07, 6.45) is 13.6. The second-order valence-corrected chi connectivity index (χ2v) is 11.4. The van der Waals surface area contributed by atoms with E-state index in [-0.39, 0.29) is 6.10 Å². The van der Waals surface area contributed by atoms with Crippen molar-refractivity contribution in [2.24, 2.45) is 34.5 Å². The molecule has 29 heavy (non-hydrogen) atoms. The average molecular weight is 393 g/mol. The zero-order valence-corrected chi connectivity index (χ0v) is 18.1. The minimum absolute atomic E-state index is 0.0381. The fourth-order valence-corrected chi connectivity index (χ4v) is 8.89. The Balaban J connectivity index is 1.33. The van der Waals surface area contributed by atoms with Gasteiger partial charge in [0.05, 0.1) is 23.5 Å². The number of aliphatic hydroxyl groups is 1. The molecule has 6 rings (SSSR count). The summed E-state index contributed by atoms with van der Waals surface area (Å²) in [5.74, 6) is 3.39. The van der Waals surface area contributed by atoms with Gasteiger partial charge in [0.25, 0.3) is 0 Å². The number of hydrogen-bond donors (Lipinski definition) is 1. The lowest BCUT2D eigenvalue weighted by Gasteiger charge is -2.61. The van der Waals surface area contributed by atoms with Crippen molar-refractivity contribution < 1.29 is 5.11 Å². The molecule has 4 saturated carbocycles. The van der Waals surface area contributed by atoms with Crippen LogP contribution in [0.3, 0.4) is 0 Å². The number of aromatic nitrogens is 2. The molecule has 2 aromatic rings. The van der Waals surface area contributed by atoms with Crippen molar-refractivity contribution in [2.45, 2.75) is 83.8 Å². The first-order valence-corrected chi connectivity index (χ1v) is 12.1. The molecule has 3 nitrogen and oxygen atoms in total. The fourth-order valence-electron chi connectivity index (χ4n) is 8.89. The van der Waals surface area contributed by atoms with E-state index in [9.17, 15) is 5.11 Å². The van der Waals surface area contributed by atoms with E-state index in [1.807, 2.05) is 0 Å². The summed E-state index contributed by atoms with van der Waals surface area (Å²) in [7, 11) is 0. The Morgan fingerprint density at radius 1 is 0.931 bits per heavy atom. The summed E-state index contributed by atoms with van der Waals surface area (Å²) in [6.45, 7) is 5.21. The van der Waals surface area contributed by atoms with Gasteiger partial charge >= 0.3 is 0 Å². The topological polar surface area (TPSA) is 38.0 Å². The Morgan fingerprint density at radius 2 is 1.72 bits per heavy atom. The number of fused-ring (bicyclic) bond motifs is 6. The van der Waals surface area contributed by atoms with Gasteiger partial charge in [-0.15, -0.1) is 0 Å². The highest BCUT2D eigenvalue weighted by molar-refractivity contribution is 5.75. The molecule has 1 aromatic carbocycles. The molecule has 0 spiro atoms. The fraction of sp³-hybridized carbons (Fsp3) is 0.731. The standard InChI is InChI=1S/C26H36N2O/c1-25-13-11-18(29)15-17(25)7-8-19-20-9-10-24(26(20,2)14-12-21(19)25)28-16-27-22-5-3-4-6-23(22)28/h3-6,16-21,24,29H,7-15H2,1-2H3/t17?,18?,19?,20?,21?,24?,25-,26-/m0/s1. The molecule has 8 atom stereocenters. The van der Waals surface area contributed by atoms with Crippen LogP contribution in [0.25, 0.3) is 11.0 Å². The first-order valence-electron chi connectivity index (χ1n) is 12.1. The van der Waals surface area contributed by atoms with Crippen LogP contribution in [0, 0.1) is 34.5 Å². The van der Waals surface area contributed by atoms with E-state index >= 15 is 0 Å². The number of aliphatic hydroxyl groups excluding tert-OH is 1. The maximum absolute atomic E-state index is 10.3. The Kier molecular flexibility index (Phi) is 4.02. The second kappa shape index (κ2) is 6.33. The lowest BCUT2D eigenvalue weighted by atomic mass is 9.45. The van der Waals surface area contributed by atoms with Crippen molar-refractivity contribution in [3.63, 3.8) is 0 Å². The number of para-hydroxylation sites is 2. The molecule has 0 saturated heterocycles. The lowest BCUT2D eigenvalue weighted by Crippen LogP contribution is -2.54. The van der Waals surface area contributed by atoms with Gasteiger partial charge in [-0.2, -0.15) is 0 Å². The number of imidazole rings is 1. The molecule has 1 N–H and O–H groups in total. The molecule has 156 valence electrons. The highest BCUT2D eigenvalue weighted by Crippen LogP contribution is 2.68. The van der Waals surface area contributed by atoms with E-state index < -0.39 is 0 Å². The lowest BCUT2D eigenvalue weighted by molar-refractivity contribution is -0.125. The number of hydrogen-bond acceptors (Lipinski definition) is 2. The van der Waals surface area contributed by atoms with Gasteiger partial charge in [-0.05, 0) is 104 Å².